The van der Waals surface area contributed by atoms with Gasteiger partial charge >= 0.3 is 5.97 Å². The molecule has 0 atom stereocenters. The predicted molar refractivity (Wildman–Crippen MR) is 70.7 cm³/mol. The Balaban J connectivity index is 2.53. The van der Waals surface area contributed by atoms with Crippen molar-refractivity contribution in [1.29, 1.82) is 0 Å². The van der Waals surface area contributed by atoms with Crippen molar-refractivity contribution in [3.05, 3.63) is 11.7 Å². The van der Waals surface area contributed by atoms with Gasteiger partial charge in [-0.2, -0.15) is 4.98 Å². The molecule has 0 radical (unpaired) electrons. The van der Waals surface area contributed by atoms with Gasteiger partial charge in [-0.25, -0.2) is 0 Å². The third-order valence-corrected chi connectivity index (χ3v) is 2.95. The van der Waals surface area contributed by atoms with Crippen molar-refractivity contribution in [2.45, 2.75) is 59.0 Å². The molecule has 0 unspecified atom stereocenters. The van der Waals surface area contributed by atoms with Crippen LogP contribution in [0, 0.1) is 0 Å². The van der Waals surface area contributed by atoms with Crippen LogP contribution in [0.4, 0.5) is 0 Å². The topological polar surface area (TPSA) is 79.5 Å². The molecule has 1 rings (SSSR count). The number of carbonyl (C=O) groups is 1. The predicted octanol–water partition coefficient (Wildman–Crippen LogP) is 2.10. The van der Waals surface area contributed by atoms with Crippen molar-refractivity contribution in [3.8, 4) is 0 Å². The highest BCUT2D eigenvalue weighted by atomic mass is 16.5. The first-order valence-corrected chi connectivity index (χ1v) is 6.80. The van der Waals surface area contributed by atoms with E-state index in [4.69, 9.17) is 9.63 Å². The number of carboxylic acid groups (broad SMARTS) is 1. The summed E-state index contributed by atoms with van der Waals surface area (Å²) in [5.74, 6) is 0.504. The zero-order valence-electron chi connectivity index (χ0n) is 11.9. The smallest absolute Gasteiger partial charge is 0.304 e. The Hall–Kier alpha value is -1.43. The maximum Gasteiger partial charge on any atom is 0.304 e. The average Bonchev–Trinajstić information content (AvgIpc) is 2.79. The van der Waals surface area contributed by atoms with Gasteiger partial charge in [0.1, 0.15) is 0 Å². The first kappa shape index (κ1) is 15.6. The second-order valence-electron chi connectivity index (χ2n) is 4.92. The lowest BCUT2D eigenvalue weighted by atomic mass is 10.2. The first-order chi connectivity index (χ1) is 9.02. The summed E-state index contributed by atoms with van der Waals surface area (Å²) in [5, 5.41) is 12.7. The van der Waals surface area contributed by atoms with Crippen LogP contribution < -0.4 is 0 Å². The van der Waals surface area contributed by atoms with Gasteiger partial charge in [0.25, 0.3) is 0 Å². The lowest BCUT2D eigenvalue weighted by Crippen LogP contribution is -2.32. The molecule has 0 aliphatic carbocycles. The Morgan fingerprint density at radius 3 is 2.79 bits per heavy atom. The van der Waals surface area contributed by atoms with E-state index in [1.54, 1.807) is 0 Å². The number of carboxylic acids is 1. The minimum atomic E-state index is -0.792. The minimum absolute atomic E-state index is 0.120. The van der Waals surface area contributed by atoms with E-state index in [-0.39, 0.29) is 12.5 Å². The second kappa shape index (κ2) is 7.89. The van der Waals surface area contributed by atoms with Crippen LogP contribution >= 0.6 is 0 Å². The number of aliphatic carboxylic acids is 1. The van der Waals surface area contributed by atoms with E-state index < -0.39 is 5.97 Å². The van der Waals surface area contributed by atoms with Crippen molar-refractivity contribution in [1.82, 2.24) is 15.0 Å². The summed E-state index contributed by atoms with van der Waals surface area (Å²) in [4.78, 5) is 17.0. The molecule has 0 saturated carbocycles. The molecule has 108 valence electrons. The number of aryl methyl sites for hydroxylation is 1. The molecule has 0 spiro atoms. The normalized spacial score (nSPS) is 11.4. The van der Waals surface area contributed by atoms with Gasteiger partial charge in [-0.3, -0.25) is 9.69 Å². The van der Waals surface area contributed by atoms with Gasteiger partial charge in [0.2, 0.25) is 5.89 Å². The lowest BCUT2D eigenvalue weighted by Gasteiger charge is -2.23. The van der Waals surface area contributed by atoms with Crippen LogP contribution in [0.25, 0.3) is 0 Å². The van der Waals surface area contributed by atoms with Gasteiger partial charge in [0, 0.05) is 19.0 Å². The van der Waals surface area contributed by atoms with Crippen LogP contribution in [0.2, 0.25) is 0 Å². The number of hydrogen-bond donors (Lipinski definition) is 1. The molecule has 6 nitrogen and oxygen atoms in total. The summed E-state index contributed by atoms with van der Waals surface area (Å²) in [6, 6.07) is 0.241. The van der Waals surface area contributed by atoms with Crippen LogP contribution in [0.5, 0.6) is 0 Å². The maximum atomic E-state index is 10.6. The van der Waals surface area contributed by atoms with Crippen LogP contribution in [0.15, 0.2) is 4.52 Å². The van der Waals surface area contributed by atoms with Crippen LogP contribution in [-0.2, 0) is 17.8 Å². The van der Waals surface area contributed by atoms with Gasteiger partial charge in [0.15, 0.2) is 5.82 Å². The molecule has 0 fully saturated rings. The third kappa shape index (κ3) is 5.83. The zero-order chi connectivity index (χ0) is 14.3. The summed E-state index contributed by atoms with van der Waals surface area (Å²) in [6.45, 7) is 7.16. The fraction of sp³-hybridized carbons (Fsp3) is 0.769. The molecule has 0 aliphatic heterocycles. The van der Waals surface area contributed by atoms with Crippen LogP contribution in [0.3, 0.4) is 0 Å². The summed E-state index contributed by atoms with van der Waals surface area (Å²) < 4.78 is 5.20. The highest BCUT2D eigenvalue weighted by Crippen LogP contribution is 2.09. The monoisotopic (exact) mass is 269 g/mol. The quantitative estimate of drug-likeness (QED) is 0.739. The standard InChI is InChI=1S/C13H23N3O3/c1-4-5-6-11-14-12(19-15-11)9-16(10(2)3)8-7-13(17)18/h10H,4-9H2,1-3H3,(H,17,18). The maximum absolute atomic E-state index is 10.6. The SMILES string of the molecule is CCCCc1noc(CN(CCC(=O)O)C(C)C)n1. The molecular formula is C13H23N3O3. The van der Waals surface area contributed by atoms with Gasteiger partial charge in [-0.15, -0.1) is 0 Å². The van der Waals surface area contributed by atoms with Gasteiger partial charge in [0.05, 0.1) is 13.0 Å². The molecule has 1 aromatic rings. The minimum Gasteiger partial charge on any atom is -0.481 e. The number of rotatable bonds is 9. The molecule has 0 saturated heterocycles. The molecule has 0 amide bonds. The molecular weight excluding hydrogens is 246 g/mol. The molecule has 1 N–H and O–H groups in total. The van der Waals surface area contributed by atoms with E-state index >= 15 is 0 Å². The summed E-state index contributed by atoms with van der Waals surface area (Å²) in [5.41, 5.74) is 0. The Kier molecular flexibility index (Phi) is 6.49. The average molecular weight is 269 g/mol. The Morgan fingerprint density at radius 1 is 1.47 bits per heavy atom. The molecule has 1 aromatic heterocycles. The number of hydrogen-bond acceptors (Lipinski definition) is 5. The summed E-state index contributed by atoms with van der Waals surface area (Å²) >= 11 is 0. The Morgan fingerprint density at radius 2 is 2.21 bits per heavy atom. The Bertz CT molecular complexity index is 390. The van der Waals surface area contributed by atoms with Crippen molar-refractivity contribution in [3.63, 3.8) is 0 Å². The van der Waals surface area contributed by atoms with E-state index in [1.165, 1.54) is 0 Å². The first-order valence-electron chi connectivity index (χ1n) is 6.80. The van der Waals surface area contributed by atoms with Crippen LogP contribution in [-0.4, -0.2) is 38.7 Å². The molecule has 0 aromatic carbocycles. The molecule has 1 heterocycles. The van der Waals surface area contributed by atoms with Gasteiger partial charge < -0.3 is 9.63 Å². The highest BCUT2D eigenvalue weighted by Gasteiger charge is 2.15. The molecule has 19 heavy (non-hydrogen) atoms. The Labute approximate surface area is 113 Å². The highest BCUT2D eigenvalue weighted by molar-refractivity contribution is 5.66. The molecule has 6 heteroatoms. The van der Waals surface area contributed by atoms with Crippen molar-refractivity contribution in [2.24, 2.45) is 0 Å². The van der Waals surface area contributed by atoms with E-state index in [1.807, 2.05) is 18.7 Å². The number of aromatic nitrogens is 2. The van der Waals surface area contributed by atoms with Crippen molar-refractivity contribution in [2.75, 3.05) is 6.54 Å². The van der Waals surface area contributed by atoms with Crippen molar-refractivity contribution >= 4 is 5.97 Å². The van der Waals surface area contributed by atoms with E-state index in [9.17, 15) is 4.79 Å². The fourth-order valence-electron chi connectivity index (χ4n) is 1.72. The van der Waals surface area contributed by atoms with E-state index in [0.717, 1.165) is 25.1 Å². The van der Waals surface area contributed by atoms with E-state index in [0.29, 0.717) is 19.0 Å². The second-order valence-corrected chi connectivity index (χ2v) is 4.92. The molecule has 0 bridgehead atoms. The molecule has 0 aliphatic rings. The van der Waals surface area contributed by atoms with Gasteiger partial charge in [-0.1, -0.05) is 18.5 Å². The summed E-state index contributed by atoms with van der Waals surface area (Å²) in [6.07, 6.45) is 3.10. The number of unbranched alkanes of at least 4 members (excludes halogenated alkanes) is 1. The largest absolute Gasteiger partial charge is 0.481 e. The van der Waals surface area contributed by atoms with Crippen molar-refractivity contribution < 1.29 is 14.4 Å². The summed E-state index contributed by atoms with van der Waals surface area (Å²) in [7, 11) is 0. The third-order valence-electron chi connectivity index (χ3n) is 2.95. The number of nitrogens with zero attached hydrogens (tertiary/aromatic N) is 3. The fourth-order valence-corrected chi connectivity index (χ4v) is 1.72. The van der Waals surface area contributed by atoms with Crippen LogP contribution in [0.1, 0.15) is 51.7 Å². The zero-order valence-corrected chi connectivity index (χ0v) is 11.9. The van der Waals surface area contributed by atoms with E-state index in [2.05, 4.69) is 17.1 Å². The lowest BCUT2D eigenvalue weighted by molar-refractivity contribution is -0.137. The van der Waals surface area contributed by atoms with Gasteiger partial charge in [-0.05, 0) is 20.3 Å².